The molecule has 0 aliphatic carbocycles. The minimum Gasteiger partial charge on any atom is -0.486 e. The van der Waals surface area contributed by atoms with Gasteiger partial charge < -0.3 is 24.6 Å². The number of aromatic nitrogens is 1. The summed E-state index contributed by atoms with van der Waals surface area (Å²) in [5.74, 6) is 1.96. The van der Waals surface area contributed by atoms with Crippen LogP contribution in [0.2, 0.25) is 0 Å². The van der Waals surface area contributed by atoms with Crippen molar-refractivity contribution in [2.75, 3.05) is 38.2 Å². The Morgan fingerprint density at radius 1 is 1.14 bits per heavy atom. The van der Waals surface area contributed by atoms with Gasteiger partial charge in [0.25, 0.3) is 0 Å². The van der Waals surface area contributed by atoms with Gasteiger partial charge in [0, 0.05) is 43.0 Å². The Kier molecular flexibility index (Phi) is 6.94. The number of guanidine groups is 1. The summed E-state index contributed by atoms with van der Waals surface area (Å²) in [6, 6.07) is 14.7. The van der Waals surface area contributed by atoms with Crippen LogP contribution in [0.25, 0.3) is 10.9 Å². The Bertz CT molecular complexity index is 1360. The van der Waals surface area contributed by atoms with E-state index in [0.717, 1.165) is 16.6 Å². The number of fused-ring (bicyclic) bond motifs is 2. The fourth-order valence-corrected chi connectivity index (χ4v) is 4.66. The maximum atomic E-state index is 13.2. The largest absolute Gasteiger partial charge is 0.486 e. The van der Waals surface area contributed by atoms with Crippen LogP contribution in [0.3, 0.4) is 0 Å². The molecule has 1 aromatic heterocycles. The zero-order valence-electron chi connectivity index (χ0n) is 20.8. The molecular weight excluding hydrogens is 470 g/mol. The van der Waals surface area contributed by atoms with Gasteiger partial charge in [-0.2, -0.15) is 5.26 Å². The van der Waals surface area contributed by atoms with Gasteiger partial charge in [-0.05, 0) is 42.3 Å². The quantitative estimate of drug-likeness (QED) is 0.243. The summed E-state index contributed by atoms with van der Waals surface area (Å²) in [6.45, 7) is 6.69. The number of nitriles is 1. The number of urea groups is 1. The van der Waals surface area contributed by atoms with Crippen LogP contribution in [0, 0.1) is 17.4 Å². The molecule has 37 heavy (non-hydrogen) atoms. The van der Waals surface area contributed by atoms with Gasteiger partial charge in [0.1, 0.15) is 13.2 Å². The van der Waals surface area contributed by atoms with E-state index in [1.54, 1.807) is 23.2 Å². The molecule has 190 valence electrons. The molecule has 5 rings (SSSR count). The monoisotopic (exact) mass is 499 g/mol. The molecule has 0 bridgehead atoms. The molecule has 2 aromatic carbocycles. The number of aliphatic imine (C=N–C) groups is 1. The van der Waals surface area contributed by atoms with E-state index >= 15 is 0 Å². The third kappa shape index (κ3) is 5.21. The van der Waals surface area contributed by atoms with Crippen LogP contribution in [0.4, 0.5) is 16.2 Å². The first-order chi connectivity index (χ1) is 18.0. The van der Waals surface area contributed by atoms with Crippen molar-refractivity contribution in [1.82, 2.24) is 20.1 Å². The van der Waals surface area contributed by atoms with Gasteiger partial charge in [0.15, 0.2) is 17.7 Å². The predicted molar refractivity (Wildman–Crippen MR) is 141 cm³/mol. The van der Waals surface area contributed by atoms with Crippen LogP contribution in [-0.4, -0.2) is 65.7 Å². The van der Waals surface area contributed by atoms with E-state index < -0.39 is 0 Å². The Hall–Kier alpha value is -4.52. The summed E-state index contributed by atoms with van der Waals surface area (Å²) >= 11 is 0. The van der Waals surface area contributed by atoms with Crippen molar-refractivity contribution in [3.8, 4) is 17.7 Å². The highest BCUT2D eigenvalue weighted by Crippen LogP contribution is 2.33. The second kappa shape index (κ2) is 10.6. The summed E-state index contributed by atoms with van der Waals surface area (Å²) in [5.41, 5.74) is 2.21. The number of hydrogen-bond acceptors (Lipinski definition) is 6. The summed E-state index contributed by atoms with van der Waals surface area (Å²) in [4.78, 5) is 26.3. The predicted octanol–water partition coefficient (Wildman–Crippen LogP) is 3.94. The van der Waals surface area contributed by atoms with Crippen LogP contribution in [0.15, 0.2) is 59.7 Å². The molecule has 0 spiro atoms. The Balaban J connectivity index is 1.35. The second-order valence-corrected chi connectivity index (χ2v) is 9.26. The maximum Gasteiger partial charge on any atom is 0.321 e. The van der Waals surface area contributed by atoms with Gasteiger partial charge in [0.2, 0.25) is 5.96 Å². The number of pyridine rings is 1. The highest BCUT2D eigenvalue weighted by molar-refractivity contribution is 5.94. The molecule has 0 saturated carbocycles. The normalized spacial score (nSPS) is 17.5. The van der Waals surface area contributed by atoms with Gasteiger partial charge in [0.05, 0.1) is 17.2 Å². The number of benzene rings is 2. The molecule has 1 fully saturated rings. The lowest BCUT2D eigenvalue weighted by molar-refractivity contribution is 0.118. The number of ether oxygens (including phenoxy) is 2. The SMILES string of the molecule is CC(C)C1CN(C(=O)Nc2ccc3c(c2)OCCO3)CCN1C(=Nc1cccc2ncccc12)NC#N. The average Bonchev–Trinajstić information content (AvgIpc) is 2.92. The summed E-state index contributed by atoms with van der Waals surface area (Å²) in [6.07, 6.45) is 3.78. The number of anilines is 1. The van der Waals surface area contributed by atoms with E-state index in [9.17, 15) is 10.1 Å². The molecule has 2 N–H and O–H groups in total. The molecular formula is C27H29N7O3. The standard InChI is InChI=1S/C27H29N7O3/c1-18(2)23-16-33(27(35)31-19-8-9-24-25(15-19)37-14-13-36-24)11-12-34(23)26(30-17-28)32-22-7-3-6-21-20(22)5-4-10-29-21/h3-10,15,18,23H,11-14,16H2,1-2H3,(H,30,32)(H,31,35). The zero-order valence-corrected chi connectivity index (χ0v) is 20.8. The molecule has 10 nitrogen and oxygen atoms in total. The first-order valence-corrected chi connectivity index (χ1v) is 12.3. The van der Waals surface area contributed by atoms with Gasteiger partial charge in [-0.25, -0.2) is 9.79 Å². The maximum absolute atomic E-state index is 13.2. The lowest BCUT2D eigenvalue weighted by Gasteiger charge is -2.44. The number of carbonyl (C=O) groups excluding carboxylic acids is 1. The molecule has 3 aromatic rings. The van der Waals surface area contributed by atoms with E-state index in [2.05, 4.69) is 34.4 Å². The van der Waals surface area contributed by atoms with Gasteiger partial charge in [-0.15, -0.1) is 0 Å². The lowest BCUT2D eigenvalue weighted by Crippen LogP contribution is -2.60. The van der Waals surface area contributed by atoms with Crippen molar-refractivity contribution in [3.05, 3.63) is 54.7 Å². The van der Waals surface area contributed by atoms with Crippen LogP contribution in [-0.2, 0) is 0 Å². The van der Waals surface area contributed by atoms with Crippen molar-refractivity contribution < 1.29 is 14.3 Å². The number of amides is 2. The molecule has 2 aliphatic rings. The molecule has 1 saturated heterocycles. The Morgan fingerprint density at radius 2 is 1.97 bits per heavy atom. The molecule has 2 aliphatic heterocycles. The van der Waals surface area contributed by atoms with Crippen LogP contribution < -0.4 is 20.1 Å². The number of carbonyl (C=O) groups is 1. The van der Waals surface area contributed by atoms with E-state index in [0.29, 0.717) is 56.0 Å². The van der Waals surface area contributed by atoms with Crippen molar-refractivity contribution in [1.29, 1.82) is 5.26 Å². The molecule has 1 atom stereocenters. The summed E-state index contributed by atoms with van der Waals surface area (Å²) in [7, 11) is 0. The zero-order chi connectivity index (χ0) is 25.8. The molecule has 2 amide bonds. The Labute approximate surface area is 215 Å². The molecule has 10 heteroatoms. The van der Waals surface area contributed by atoms with Crippen LogP contribution in [0.5, 0.6) is 11.5 Å². The van der Waals surface area contributed by atoms with Crippen molar-refractivity contribution >= 4 is 34.3 Å². The topological polar surface area (TPSA) is 115 Å². The van der Waals surface area contributed by atoms with Gasteiger partial charge >= 0.3 is 6.03 Å². The number of rotatable bonds is 3. The highest BCUT2D eigenvalue weighted by Gasteiger charge is 2.34. The number of hydrogen-bond donors (Lipinski definition) is 2. The van der Waals surface area contributed by atoms with Crippen LogP contribution >= 0.6 is 0 Å². The lowest BCUT2D eigenvalue weighted by atomic mass is 10.00. The molecule has 0 radical (unpaired) electrons. The average molecular weight is 500 g/mol. The Morgan fingerprint density at radius 3 is 2.78 bits per heavy atom. The number of nitrogens with one attached hydrogen (secondary N) is 2. The van der Waals surface area contributed by atoms with Crippen molar-refractivity contribution in [2.24, 2.45) is 10.9 Å². The van der Waals surface area contributed by atoms with Gasteiger partial charge in [-0.1, -0.05) is 19.9 Å². The summed E-state index contributed by atoms with van der Waals surface area (Å²) < 4.78 is 11.2. The highest BCUT2D eigenvalue weighted by atomic mass is 16.6. The minimum absolute atomic E-state index is 0.0486. The fraction of sp³-hybridized carbons (Fsp3) is 0.333. The number of piperazine rings is 1. The van der Waals surface area contributed by atoms with Gasteiger partial charge in [-0.3, -0.25) is 10.3 Å². The minimum atomic E-state index is -0.186. The first kappa shape index (κ1) is 24.2. The van der Waals surface area contributed by atoms with Crippen molar-refractivity contribution in [3.63, 3.8) is 0 Å². The second-order valence-electron chi connectivity index (χ2n) is 9.26. The number of nitrogens with zero attached hydrogens (tertiary/aromatic N) is 5. The van der Waals surface area contributed by atoms with E-state index in [4.69, 9.17) is 14.5 Å². The third-order valence-electron chi connectivity index (χ3n) is 6.56. The van der Waals surface area contributed by atoms with E-state index in [1.807, 2.05) is 42.6 Å². The molecule has 3 heterocycles. The third-order valence-corrected chi connectivity index (χ3v) is 6.56. The first-order valence-electron chi connectivity index (χ1n) is 12.3. The van der Waals surface area contributed by atoms with Crippen LogP contribution in [0.1, 0.15) is 13.8 Å². The van der Waals surface area contributed by atoms with Crippen molar-refractivity contribution in [2.45, 2.75) is 19.9 Å². The molecule has 1 unspecified atom stereocenters. The van der Waals surface area contributed by atoms with E-state index in [-0.39, 0.29) is 18.0 Å². The smallest absolute Gasteiger partial charge is 0.321 e. The van der Waals surface area contributed by atoms with E-state index in [1.165, 1.54) is 0 Å². The summed E-state index contributed by atoms with van der Waals surface area (Å²) in [5, 5.41) is 16.2. The fourth-order valence-electron chi connectivity index (χ4n) is 4.66.